The van der Waals surface area contributed by atoms with E-state index in [4.69, 9.17) is 4.42 Å². The van der Waals surface area contributed by atoms with E-state index in [2.05, 4.69) is 26.1 Å². The topological polar surface area (TPSA) is 76.2 Å². The van der Waals surface area contributed by atoms with Gasteiger partial charge in [0, 0.05) is 10.0 Å². The monoisotopic (exact) mass is 344 g/mol. The minimum atomic E-state index is -1.03. The fraction of sp³-hybridized carbons (Fsp3) is 0. The van der Waals surface area contributed by atoms with Crippen LogP contribution in [0.15, 0.2) is 57.4 Å². The minimum Gasteiger partial charge on any atom is -0.478 e. The molecule has 0 amide bonds. The van der Waals surface area contributed by atoms with Crippen molar-refractivity contribution < 1.29 is 14.3 Å². The summed E-state index contributed by atoms with van der Waals surface area (Å²) >= 11 is 3.37. The van der Waals surface area contributed by atoms with Gasteiger partial charge < -0.3 is 9.52 Å². The molecule has 3 aromatic rings. The van der Waals surface area contributed by atoms with Gasteiger partial charge in [-0.15, -0.1) is 10.2 Å². The second-order valence-electron chi connectivity index (χ2n) is 4.27. The van der Waals surface area contributed by atoms with Gasteiger partial charge in [-0.1, -0.05) is 34.1 Å². The highest BCUT2D eigenvalue weighted by Gasteiger charge is 2.17. The van der Waals surface area contributed by atoms with Gasteiger partial charge in [0.2, 0.25) is 11.8 Å². The number of hydrogen-bond acceptors (Lipinski definition) is 4. The maximum absolute atomic E-state index is 11.2. The number of aromatic nitrogens is 2. The number of hydrogen-bond donors (Lipinski definition) is 1. The van der Waals surface area contributed by atoms with Crippen molar-refractivity contribution in [1.82, 2.24) is 10.2 Å². The number of rotatable bonds is 3. The molecule has 0 radical (unpaired) electrons. The van der Waals surface area contributed by atoms with Crippen LogP contribution >= 0.6 is 15.9 Å². The maximum atomic E-state index is 11.2. The molecule has 0 aliphatic rings. The van der Waals surface area contributed by atoms with Gasteiger partial charge in [0.05, 0.1) is 11.1 Å². The Morgan fingerprint density at radius 1 is 1.05 bits per heavy atom. The summed E-state index contributed by atoms with van der Waals surface area (Å²) in [5, 5.41) is 17.1. The molecule has 0 aliphatic carbocycles. The highest BCUT2D eigenvalue weighted by Crippen LogP contribution is 2.27. The molecular formula is C15H9BrN2O3. The highest BCUT2D eigenvalue weighted by atomic mass is 79.9. The molecule has 2 aromatic carbocycles. The predicted octanol–water partition coefficient (Wildman–Crippen LogP) is 3.86. The summed E-state index contributed by atoms with van der Waals surface area (Å²) in [5.74, 6) is -0.512. The van der Waals surface area contributed by atoms with E-state index < -0.39 is 5.97 Å². The van der Waals surface area contributed by atoms with Crippen molar-refractivity contribution in [3.05, 3.63) is 58.6 Å². The van der Waals surface area contributed by atoms with Gasteiger partial charge in [-0.25, -0.2) is 4.79 Å². The Labute approximate surface area is 128 Å². The second-order valence-corrected chi connectivity index (χ2v) is 5.19. The second kappa shape index (κ2) is 5.49. The predicted molar refractivity (Wildman–Crippen MR) is 79.8 cm³/mol. The van der Waals surface area contributed by atoms with Crippen LogP contribution in [0.25, 0.3) is 22.9 Å². The SMILES string of the molecule is O=C(O)c1ccccc1-c1nnc(-c2cccc(Br)c2)o1. The van der Waals surface area contributed by atoms with Crippen molar-refractivity contribution in [1.29, 1.82) is 0 Å². The van der Waals surface area contributed by atoms with Crippen LogP contribution in [0.5, 0.6) is 0 Å². The molecule has 0 unspecified atom stereocenters. The van der Waals surface area contributed by atoms with Crippen molar-refractivity contribution in [2.24, 2.45) is 0 Å². The first-order valence-corrected chi connectivity index (χ1v) is 6.86. The zero-order valence-electron chi connectivity index (χ0n) is 10.7. The quantitative estimate of drug-likeness (QED) is 0.780. The Hall–Kier alpha value is -2.47. The smallest absolute Gasteiger partial charge is 0.336 e. The average molecular weight is 345 g/mol. The summed E-state index contributed by atoms with van der Waals surface area (Å²) in [7, 11) is 0. The van der Waals surface area contributed by atoms with E-state index in [1.807, 2.05) is 24.3 Å². The fourth-order valence-electron chi connectivity index (χ4n) is 1.93. The van der Waals surface area contributed by atoms with Crippen molar-refractivity contribution in [2.75, 3.05) is 0 Å². The number of carboxylic acids is 1. The molecule has 6 heteroatoms. The number of carbonyl (C=O) groups is 1. The van der Waals surface area contributed by atoms with Crippen molar-refractivity contribution in [3.8, 4) is 22.9 Å². The van der Waals surface area contributed by atoms with E-state index in [1.165, 1.54) is 6.07 Å². The van der Waals surface area contributed by atoms with Gasteiger partial charge in [0.1, 0.15) is 0 Å². The van der Waals surface area contributed by atoms with Crippen LogP contribution in [-0.2, 0) is 0 Å². The molecule has 0 spiro atoms. The van der Waals surface area contributed by atoms with Crippen molar-refractivity contribution in [3.63, 3.8) is 0 Å². The Morgan fingerprint density at radius 2 is 1.81 bits per heavy atom. The van der Waals surface area contributed by atoms with Gasteiger partial charge >= 0.3 is 5.97 Å². The van der Waals surface area contributed by atoms with Crippen LogP contribution in [0.3, 0.4) is 0 Å². The lowest BCUT2D eigenvalue weighted by Crippen LogP contribution is -1.98. The molecule has 1 heterocycles. The molecule has 104 valence electrons. The number of aromatic carboxylic acids is 1. The van der Waals surface area contributed by atoms with E-state index >= 15 is 0 Å². The lowest BCUT2D eigenvalue weighted by Gasteiger charge is -2.00. The zero-order chi connectivity index (χ0) is 14.8. The molecule has 0 atom stereocenters. The van der Waals surface area contributed by atoms with Crippen LogP contribution in [-0.4, -0.2) is 21.3 Å². The van der Waals surface area contributed by atoms with Gasteiger partial charge in [0.25, 0.3) is 0 Å². The zero-order valence-corrected chi connectivity index (χ0v) is 12.2. The first kappa shape index (κ1) is 13.5. The number of benzene rings is 2. The molecule has 0 aliphatic heterocycles. The molecule has 3 rings (SSSR count). The third-order valence-corrected chi connectivity index (χ3v) is 3.38. The van der Waals surface area contributed by atoms with E-state index in [0.29, 0.717) is 11.5 Å². The fourth-order valence-corrected chi connectivity index (χ4v) is 2.33. The summed E-state index contributed by atoms with van der Waals surface area (Å²) in [5.41, 5.74) is 1.29. The number of carboxylic acid groups (broad SMARTS) is 1. The van der Waals surface area contributed by atoms with Crippen LogP contribution < -0.4 is 0 Å². The Morgan fingerprint density at radius 3 is 2.57 bits per heavy atom. The first-order valence-electron chi connectivity index (χ1n) is 6.07. The van der Waals surface area contributed by atoms with E-state index in [9.17, 15) is 9.90 Å². The molecule has 1 aromatic heterocycles. The van der Waals surface area contributed by atoms with Crippen LogP contribution in [0.2, 0.25) is 0 Å². The molecule has 0 saturated carbocycles. The molecule has 21 heavy (non-hydrogen) atoms. The van der Waals surface area contributed by atoms with Gasteiger partial charge in [-0.2, -0.15) is 0 Å². The third-order valence-electron chi connectivity index (χ3n) is 2.88. The summed E-state index contributed by atoms with van der Waals surface area (Å²) in [6.07, 6.45) is 0. The molecular weight excluding hydrogens is 336 g/mol. The van der Waals surface area contributed by atoms with Gasteiger partial charge in [-0.3, -0.25) is 0 Å². The standard InChI is InChI=1S/C15H9BrN2O3/c16-10-5-3-4-9(8-10)13-17-18-14(21-13)11-6-1-2-7-12(11)15(19)20/h1-8H,(H,19,20). The Kier molecular flexibility index (Phi) is 3.53. The molecule has 0 fully saturated rings. The van der Waals surface area contributed by atoms with Gasteiger partial charge in [0.15, 0.2) is 0 Å². The van der Waals surface area contributed by atoms with E-state index in [0.717, 1.165) is 10.0 Å². The summed E-state index contributed by atoms with van der Waals surface area (Å²) in [6.45, 7) is 0. The molecule has 5 nitrogen and oxygen atoms in total. The first-order chi connectivity index (χ1) is 10.1. The van der Waals surface area contributed by atoms with Crippen molar-refractivity contribution >= 4 is 21.9 Å². The third kappa shape index (κ3) is 2.71. The number of halogens is 1. The lowest BCUT2D eigenvalue weighted by molar-refractivity contribution is 0.0697. The van der Waals surface area contributed by atoms with E-state index in [-0.39, 0.29) is 11.5 Å². The van der Waals surface area contributed by atoms with Crippen LogP contribution in [0, 0.1) is 0 Å². The van der Waals surface area contributed by atoms with E-state index in [1.54, 1.807) is 18.2 Å². The maximum Gasteiger partial charge on any atom is 0.336 e. The molecule has 0 bridgehead atoms. The summed E-state index contributed by atoms with van der Waals surface area (Å²) in [6, 6.07) is 14.0. The number of nitrogens with zero attached hydrogens (tertiary/aromatic N) is 2. The van der Waals surface area contributed by atoms with Crippen molar-refractivity contribution in [2.45, 2.75) is 0 Å². The molecule has 0 saturated heterocycles. The minimum absolute atomic E-state index is 0.127. The Bertz CT molecular complexity index is 814. The normalized spacial score (nSPS) is 10.5. The van der Waals surface area contributed by atoms with Gasteiger partial charge in [-0.05, 0) is 30.3 Å². The molecule has 1 N–H and O–H groups in total. The largest absolute Gasteiger partial charge is 0.478 e. The van der Waals surface area contributed by atoms with Crippen LogP contribution in [0.4, 0.5) is 0 Å². The summed E-state index contributed by atoms with van der Waals surface area (Å²) in [4.78, 5) is 11.2. The summed E-state index contributed by atoms with van der Waals surface area (Å²) < 4.78 is 6.49. The Balaban J connectivity index is 2.05. The van der Waals surface area contributed by atoms with Crippen LogP contribution in [0.1, 0.15) is 10.4 Å². The lowest BCUT2D eigenvalue weighted by atomic mass is 10.1. The highest BCUT2D eigenvalue weighted by molar-refractivity contribution is 9.10. The average Bonchev–Trinajstić information content (AvgIpc) is 2.97.